The summed E-state index contributed by atoms with van der Waals surface area (Å²) in [5, 5.41) is 29.1. The van der Waals surface area contributed by atoms with Gasteiger partial charge in [0.05, 0.1) is 17.3 Å². The summed E-state index contributed by atoms with van der Waals surface area (Å²) in [5.41, 5.74) is 3.25. The number of nitriles is 1. The lowest BCUT2D eigenvalue weighted by Gasteiger charge is -2.54. The second kappa shape index (κ2) is 10.9. The van der Waals surface area contributed by atoms with Gasteiger partial charge in [0.1, 0.15) is 12.2 Å². The molecule has 1 fully saturated rings. The largest absolute Gasteiger partial charge is 0.465 e. The number of aliphatic hydroxyl groups is 1. The van der Waals surface area contributed by atoms with Crippen molar-refractivity contribution in [2.45, 2.75) is 63.6 Å². The summed E-state index contributed by atoms with van der Waals surface area (Å²) >= 11 is 0. The van der Waals surface area contributed by atoms with E-state index in [1.165, 1.54) is 4.90 Å². The highest BCUT2D eigenvalue weighted by molar-refractivity contribution is 6.01. The standard InChI is InChI=1S/C32H34N4O5/c1-31(2,3)36(30(39)40)32(15-7-16-32)23-12-10-22(11-13-23)27-24(21-8-5-4-6-9-21)20-25-28(34-27)41-26(14-19-37)29(38)35(25)18-17-33/h4-6,8-13,20,26,37H,7,14-16,18-19H2,1-3H3,(H,39,40). The number of rotatable bonds is 7. The van der Waals surface area contributed by atoms with Gasteiger partial charge in [-0.05, 0) is 57.2 Å². The summed E-state index contributed by atoms with van der Waals surface area (Å²) < 4.78 is 5.97. The van der Waals surface area contributed by atoms with Crippen LogP contribution in [-0.4, -0.2) is 56.9 Å². The van der Waals surface area contributed by atoms with Crippen molar-refractivity contribution in [3.63, 3.8) is 0 Å². The van der Waals surface area contributed by atoms with E-state index in [0.717, 1.165) is 41.5 Å². The van der Waals surface area contributed by atoms with E-state index in [-0.39, 0.29) is 25.5 Å². The second-order valence-electron chi connectivity index (χ2n) is 11.5. The number of fused-ring (bicyclic) bond motifs is 1. The van der Waals surface area contributed by atoms with Crippen LogP contribution in [0.5, 0.6) is 5.88 Å². The smallest absolute Gasteiger partial charge is 0.408 e. The number of amides is 2. The number of nitrogens with zero attached hydrogens (tertiary/aromatic N) is 4. The van der Waals surface area contributed by atoms with Gasteiger partial charge in [-0.2, -0.15) is 5.26 Å². The Bertz CT molecular complexity index is 1490. The molecule has 0 bridgehead atoms. The van der Waals surface area contributed by atoms with Gasteiger partial charge in [0.25, 0.3) is 5.91 Å². The Hall–Kier alpha value is -4.42. The molecule has 2 heterocycles. The molecule has 5 rings (SSSR count). The molecule has 0 spiro atoms. The van der Waals surface area contributed by atoms with Crippen molar-refractivity contribution in [2.24, 2.45) is 0 Å². The van der Waals surface area contributed by atoms with Crippen LogP contribution in [0.15, 0.2) is 60.7 Å². The highest BCUT2D eigenvalue weighted by Gasteiger charge is 2.50. The van der Waals surface area contributed by atoms with E-state index < -0.39 is 29.2 Å². The molecule has 212 valence electrons. The molecule has 2 aliphatic rings. The highest BCUT2D eigenvalue weighted by Crippen LogP contribution is 2.50. The number of carboxylic acid groups (broad SMARTS) is 1. The molecule has 0 saturated heterocycles. The quantitative estimate of drug-likeness (QED) is 0.365. The summed E-state index contributed by atoms with van der Waals surface area (Å²) in [4.78, 5) is 33.3. The summed E-state index contributed by atoms with van der Waals surface area (Å²) in [5.74, 6) is -0.170. The van der Waals surface area contributed by atoms with Gasteiger partial charge in [-0.3, -0.25) is 14.6 Å². The van der Waals surface area contributed by atoms with Crippen molar-refractivity contribution in [2.75, 3.05) is 18.1 Å². The van der Waals surface area contributed by atoms with Crippen LogP contribution in [0.3, 0.4) is 0 Å². The fraction of sp³-hybridized carbons (Fsp3) is 0.375. The lowest BCUT2D eigenvalue weighted by Crippen LogP contribution is -2.60. The number of benzene rings is 2. The maximum absolute atomic E-state index is 13.1. The number of hydrogen-bond acceptors (Lipinski definition) is 6. The zero-order chi connectivity index (χ0) is 29.4. The van der Waals surface area contributed by atoms with Gasteiger partial charge >= 0.3 is 6.09 Å². The Morgan fingerprint density at radius 2 is 1.83 bits per heavy atom. The minimum absolute atomic E-state index is 0.0856. The fourth-order valence-electron chi connectivity index (χ4n) is 6.04. The first-order chi connectivity index (χ1) is 19.6. The first-order valence-corrected chi connectivity index (χ1v) is 13.8. The molecule has 2 amide bonds. The van der Waals surface area contributed by atoms with Crippen LogP contribution in [0.1, 0.15) is 52.0 Å². The van der Waals surface area contributed by atoms with E-state index in [4.69, 9.17) is 9.72 Å². The lowest BCUT2D eigenvalue weighted by atomic mass is 9.69. The highest BCUT2D eigenvalue weighted by atomic mass is 16.5. The molecule has 9 nitrogen and oxygen atoms in total. The number of pyridine rings is 1. The first-order valence-electron chi connectivity index (χ1n) is 13.8. The number of carbonyl (C=O) groups excluding carboxylic acids is 1. The monoisotopic (exact) mass is 554 g/mol. The van der Waals surface area contributed by atoms with Crippen LogP contribution in [0.25, 0.3) is 22.4 Å². The van der Waals surface area contributed by atoms with Gasteiger partial charge in [0, 0.05) is 29.7 Å². The maximum atomic E-state index is 13.1. The average molecular weight is 555 g/mol. The number of hydrogen-bond donors (Lipinski definition) is 2. The van der Waals surface area contributed by atoms with Crippen molar-refractivity contribution in [3.8, 4) is 34.3 Å². The SMILES string of the molecule is CC(C)(C)N(C(=O)O)C1(c2ccc(-c3nc4c(cc3-c3ccccc3)N(CC#N)C(=O)C(CCO)O4)cc2)CCC1. The van der Waals surface area contributed by atoms with Gasteiger partial charge in [0.2, 0.25) is 5.88 Å². The van der Waals surface area contributed by atoms with Gasteiger partial charge in [-0.15, -0.1) is 0 Å². The van der Waals surface area contributed by atoms with E-state index >= 15 is 0 Å². The molecule has 0 radical (unpaired) electrons. The summed E-state index contributed by atoms with van der Waals surface area (Å²) in [6, 6.07) is 21.4. The van der Waals surface area contributed by atoms with E-state index in [1.54, 1.807) is 4.90 Å². The van der Waals surface area contributed by atoms with Gasteiger partial charge < -0.3 is 14.9 Å². The van der Waals surface area contributed by atoms with Gasteiger partial charge in [-0.1, -0.05) is 54.6 Å². The van der Waals surface area contributed by atoms with Crippen molar-refractivity contribution >= 4 is 17.7 Å². The van der Waals surface area contributed by atoms with Crippen LogP contribution < -0.4 is 9.64 Å². The molecule has 1 aliphatic carbocycles. The fourth-order valence-corrected chi connectivity index (χ4v) is 6.04. The number of aliphatic hydroxyl groups excluding tert-OH is 1. The Morgan fingerprint density at radius 1 is 1.15 bits per heavy atom. The van der Waals surface area contributed by atoms with Crippen molar-refractivity contribution in [3.05, 3.63) is 66.2 Å². The zero-order valence-corrected chi connectivity index (χ0v) is 23.5. The molecule has 1 atom stereocenters. The normalized spacial score (nSPS) is 17.6. The van der Waals surface area contributed by atoms with Crippen LogP contribution in [-0.2, 0) is 10.3 Å². The topological polar surface area (TPSA) is 127 Å². The molecule has 1 saturated carbocycles. The van der Waals surface area contributed by atoms with Crippen LogP contribution in [0.4, 0.5) is 10.5 Å². The molecule has 41 heavy (non-hydrogen) atoms. The maximum Gasteiger partial charge on any atom is 0.408 e. The van der Waals surface area contributed by atoms with Gasteiger partial charge in [0.15, 0.2) is 6.10 Å². The van der Waals surface area contributed by atoms with Crippen LogP contribution in [0, 0.1) is 11.3 Å². The van der Waals surface area contributed by atoms with Crippen molar-refractivity contribution in [1.29, 1.82) is 5.26 Å². The molecule has 9 heteroatoms. The Labute approximate surface area is 239 Å². The number of ether oxygens (including phenoxy) is 1. The number of anilines is 1. The van der Waals surface area contributed by atoms with Crippen molar-refractivity contribution in [1.82, 2.24) is 9.88 Å². The molecular formula is C32H34N4O5. The number of carbonyl (C=O) groups is 2. The second-order valence-corrected chi connectivity index (χ2v) is 11.5. The predicted molar refractivity (Wildman–Crippen MR) is 154 cm³/mol. The molecule has 1 unspecified atom stereocenters. The average Bonchev–Trinajstić information content (AvgIpc) is 2.92. The Kier molecular flexibility index (Phi) is 7.45. The third-order valence-electron chi connectivity index (χ3n) is 7.93. The van der Waals surface area contributed by atoms with Crippen LogP contribution in [0.2, 0.25) is 0 Å². The summed E-state index contributed by atoms with van der Waals surface area (Å²) in [6.45, 7) is 5.35. The molecule has 1 aromatic heterocycles. The van der Waals surface area contributed by atoms with Crippen LogP contribution >= 0.6 is 0 Å². The Balaban J connectivity index is 1.63. The Morgan fingerprint density at radius 3 is 2.37 bits per heavy atom. The summed E-state index contributed by atoms with van der Waals surface area (Å²) in [6.07, 6.45) is 0.675. The van der Waals surface area contributed by atoms with Crippen molar-refractivity contribution < 1.29 is 24.5 Å². The zero-order valence-electron chi connectivity index (χ0n) is 23.5. The third kappa shape index (κ3) is 5.00. The minimum atomic E-state index is -0.941. The molecule has 2 aromatic carbocycles. The van der Waals surface area contributed by atoms with E-state index in [0.29, 0.717) is 11.4 Å². The first kappa shape index (κ1) is 28.1. The molecular weight excluding hydrogens is 520 g/mol. The minimum Gasteiger partial charge on any atom is -0.465 e. The van der Waals surface area contributed by atoms with E-state index in [9.17, 15) is 25.1 Å². The third-order valence-corrected chi connectivity index (χ3v) is 7.93. The number of aromatic nitrogens is 1. The molecule has 1 aliphatic heterocycles. The lowest BCUT2D eigenvalue weighted by molar-refractivity contribution is -0.127. The molecule has 2 N–H and O–H groups in total. The summed E-state index contributed by atoms with van der Waals surface area (Å²) in [7, 11) is 0. The van der Waals surface area contributed by atoms with E-state index in [2.05, 4.69) is 0 Å². The molecule has 3 aromatic rings. The van der Waals surface area contributed by atoms with E-state index in [1.807, 2.05) is 87.5 Å². The predicted octanol–water partition coefficient (Wildman–Crippen LogP) is 5.57. The van der Waals surface area contributed by atoms with Gasteiger partial charge in [-0.25, -0.2) is 9.78 Å².